The maximum atomic E-state index is 13.1. The van der Waals surface area contributed by atoms with Crippen LogP contribution in [0.4, 0.5) is 4.79 Å². The molecule has 1 fully saturated rings. The van der Waals surface area contributed by atoms with Crippen molar-refractivity contribution in [3.05, 3.63) is 102 Å². The van der Waals surface area contributed by atoms with Gasteiger partial charge in [-0.3, -0.25) is 19.3 Å². The van der Waals surface area contributed by atoms with Crippen LogP contribution in [0.25, 0.3) is 6.08 Å². The van der Waals surface area contributed by atoms with Crippen LogP contribution in [0.15, 0.2) is 76.1 Å². The van der Waals surface area contributed by atoms with Crippen molar-refractivity contribution in [1.29, 1.82) is 0 Å². The van der Waals surface area contributed by atoms with E-state index in [0.717, 1.165) is 42.3 Å². The van der Waals surface area contributed by atoms with Gasteiger partial charge in [0, 0.05) is 26.7 Å². The van der Waals surface area contributed by atoms with Gasteiger partial charge in [-0.25, -0.2) is 0 Å². The first-order valence-electron chi connectivity index (χ1n) is 11.6. The first kappa shape index (κ1) is 26.0. The van der Waals surface area contributed by atoms with Gasteiger partial charge in [0.25, 0.3) is 11.1 Å². The van der Waals surface area contributed by atoms with E-state index in [4.69, 9.17) is 4.74 Å². The third-order valence-electron chi connectivity index (χ3n) is 6.22. The smallest absolute Gasteiger partial charge is 0.294 e. The molecule has 0 spiro atoms. The van der Waals surface area contributed by atoms with Gasteiger partial charge < -0.3 is 9.64 Å². The number of fused-ring (bicyclic) bond motifs is 1. The number of imide groups is 1. The second-order valence-corrected chi connectivity index (χ2v) is 11.9. The molecule has 188 valence electrons. The van der Waals surface area contributed by atoms with Gasteiger partial charge in [-0.2, -0.15) is 0 Å². The molecular weight excluding hydrogens is 667 g/mol. The third kappa shape index (κ3) is 6.10. The fourth-order valence-corrected chi connectivity index (χ4v) is 5.79. The number of nitrogens with zero attached hydrogens (tertiary/aromatic N) is 2. The summed E-state index contributed by atoms with van der Waals surface area (Å²) in [4.78, 5) is 41.8. The van der Waals surface area contributed by atoms with E-state index in [-0.39, 0.29) is 17.4 Å². The van der Waals surface area contributed by atoms with Crippen molar-refractivity contribution < 1.29 is 19.1 Å². The fraction of sp³-hybridized carbons (Fsp3) is 0.179. The van der Waals surface area contributed by atoms with Crippen LogP contribution in [0.1, 0.15) is 22.3 Å². The second-order valence-electron chi connectivity index (χ2n) is 8.70. The number of ether oxygens (including phenoxy) is 1. The zero-order valence-electron chi connectivity index (χ0n) is 19.7. The molecule has 0 atom stereocenters. The lowest BCUT2D eigenvalue weighted by molar-refractivity contribution is -0.136. The van der Waals surface area contributed by atoms with Crippen LogP contribution in [0, 0.1) is 3.57 Å². The van der Waals surface area contributed by atoms with Crippen molar-refractivity contribution in [1.82, 2.24) is 9.80 Å². The number of amides is 3. The standard InChI is InChI=1S/C28H22BrIN2O4S/c29-22-7-10-24(36-17-18-5-8-23(30)9-6-18)21(13-22)14-25-27(34)32(28(35)37-25)16-26(33)31-12-11-19-3-1-2-4-20(19)15-31/h1-10,13-14H,11-12,15-17H2/b25-14-. The highest BCUT2D eigenvalue weighted by Gasteiger charge is 2.37. The maximum absolute atomic E-state index is 13.1. The summed E-state index contributed by atoms with van der Waals surface area (Å²) in [5.74, 6) is -0.108. The van der Waals surface area contributed by atoms with Crippen LogP contribution >= 0.6 is 50.3 Å². The van der Waals surface area contributed by atoms with E-state index in [1.807, 2.05) is 60.7 Å². The van der Waals surface area contributed by atoms with Gasteiger partial charge in [0.15, 0.2) is 0 Å². The molecule has 3 aromatic carbocycles. The highest BCUT2D eigenvalue weighted by Crippen LogP contribution is 2.35. The quantitative estimate of drug-likeness (QED) is 0.226. The Bertz CT molecular complexity index is 1410. The number of thioether (sulfide) groups is 1. The Balaban J connectivity index is 1.29. The number of hydrogen-bond acceptors (Lipinski definition) is 5. The Hall–Kier alpha value is -2.63. The van der Waals surface area contributed by atoms with Crippen LogP contribution < -0.4 is 4.74 Å². The van der Waals surface area contributed by atoms with E-state index < -0.39 is 11.1 Å². The predicted octanol–water partition coefficient (Wildman–Crippen LogP) is 6.25. The number of halogens is 2. The summed E-state index contributed by atoms with van der Waals surface area (Å²) < 4.78 is 8.01. The molecule has 0 aliphatic carbocycles. The van der Waals surface area contributed by atoms with Crippen molar-refractivity contribution in [3.63, 3.8) is 0 Å². The summed E-state index contributed by atoms with van der Waals surface area (Å²) in [5.41, 5.74) is 4.02. The number of benzene rings is 3. The molecule has 9 heteroatoms. The van der Waals surface area contributed by atoms with E-state index >= 15 is 0 Å². The van der Waals surface area contributed by atoms with E-state index in [1.165, 1.54) is 5.56 Å². The molecule has 3 amide bonds. The highest BCUT2D eigenvalue weighted by atomic mass is 127. The largest absolute Gasteiger partial charge is 0.488 e. The average molecular weight is 689 g/mol. The predicted molar refractivity (Wildman–Crippen MR) is 156 cm³/mol. The van der Waals surface area contributed by atoms with Crippen LogP contribution in [0.3, 0.4) is 0 Å². The first-order chi connectivity index (χ1) is 17.9. The lowest BCUT2D eigenvalue weighted by Gasteiger charge is -2.29. The molecule has 6 nitrogen and oxygen atoms in total. The average Bonchev–Trinajstić information content (AvgIpc) is 3.16. The summed E-state index contributed by atoms with van der Waals surface area (Å²) in [6, 6.07) is 21.6. The van der Waals surface area contributed by atoms with Crippen LogP contribution in [-0.2, 0) is 29.2 Å². The summed E-state index contributed by atoms with van der Waals surface area (Å²) in [6.07, 6.45) is 2.41. The monoisotopic (exact) mass is 688 g/mol. The van der Waals surface area contributed by atoms with E-state index in [1.54, 1.807) is 11.0 Å². The molecule has 0 saturated carbocycles. The summed E-state index contributed by atoms with van der Waals surface area (Å²) in [5, 5.41) is -0.446. The highest BCUT2D eigenvalue weighted by molar-refractivity contribution is 14.1. The number of hydrogen-bond donors (Lipinski definition) is 0. The minimum absolute atomic E-state index is 0.234. The molecule has 0 aromatic heterocycles. The molecule has 1 saturated heterocycles. The lowest BCUT2D eigenvalue weighted by atomic mass is 10.00. The van der Waals surface area contributed by atoms with Gasteiger partial charge in [0.2, 0.25) is 5.91 Å². The molecule has 3 aromatic rings. The molecule has 2 heterocycles. The minimum atomic E-state index is -0.468. The lowest BCUT2D eigenvalue weighted by Crippen LogP contribution is -2.44. The van der Waals surface area contributed by atoms with Gasteiger partial charge in [0.1, 0.15) is 18.9 Å². The Kier molecular flexibility index (Phi) is 8.01. The SMILES string of the molecule is O=C(CN1C(=O)S/C(=C\c2cc(Br)ccc2OCc2ccc(I)cc2)C1=O)N1CCc2ccccc2C1. The van der Waals surface area contributed by atoms with Crippen LogP contribution in [0.2, 0.25) is 0 Å². The van der Waals surface area contributed by atoms with Gasteiger partial charge in [-0.1, -0.05) is 52.3 Å². The first-order valence-corrected chi connectivity index (χ1v) is 14.3. The second kappa shape index (κ2) is 11.4. The summed E-state index contributed by atoms with van der Waals surface area (Å²) in [7, 11) is 0. The molecule has 37 heavy (non-hydrogen) atoms. The Morgan fingerprint density at radius 3 is 2.59 bits per heavy atom. The molecule has 2 aliphatic heterocycles. The number of carbonyl (C=O) groups excluding carboxylic acids is 3. The number of rotatable bonds is 6. The topological polar surface area (TPSA) is 66.9 Å². The van der Waals surface area contributed by atoms with Gasteiger partial charge >= 0.3 is 0 Å². The van der Waals surface area contributed by atoms with Crippen LogP contribution in [-0.4, -0.2) is 39.9 Å². The van der Waals surface area contributed by atoms with Gasteiger partial charge in [-0.15, -0.1) is 0 Å². The molecule has 5 rings (SSSR count). The molecular formula is C28H22BrIN2O4S. The summed E-state index contributed by atoms with van der Waals surface area (Å²) in [6.45, 7) is 1.16. The van der Waals surface area contributed by atoms with E-state index in [2.05, 4.69) is 44.6 Å². The van der Waals surface area contributed by atoms with E-state index in [9.17, 15) is 14.4 Å². The zero-order valence-corrected chi connectivity index (χ0v) is 24.2. The van der Waals surface area contributed by atoms with Crippen molar-refractivity contribution in [3.8, 4) is 5.75 Å². The van der Waals surface area contributed by atoms with Gasteiger partial charge in [0.05, 0.1) is 4.91 Å². The maximum Gasteiger partial charge on any atom is 0.294 e. The minimum Gasteiger partial charge on any atom is -0.488 e. The molecule has 0 unspecified atom stereocenters. The molecule has 0 bridgehead atoms. The summed E-state index contributed by atoms with van der Waals surface area (Å²) >= 11 is 6.57. The van der Waals surface area contributed by atoms with Crippen molar-refractivity contribution >= 4 is 73.4 Å². The van der Waals surface area contributed by atoms with Crippen LogP contribution in [0.5, 0.6) is 5.75 Å². The number of carbonyl (C=O) groups is 3. The van der Waals surface area contributed by atoms with Gasteiger partial charge in [-0.05, 0) is 93.9 Å². The van der Waals surface area contributed by atoms with E-state index in [0.29, 0.717) is 31.0 Å². The molecule has 0 N–H and O–H groups in total. The van der Waals surface area contributed by atoms with Crippen molar-refractivity contribution in [2.45, 2.75) is 19.6 Å². The molecule has 0 radical (unpaired) electrons. The zero-order chi connectivity index (χ0) is 25.9. The Morgan fingerprint density at radius 2 is 1.81 bits per heavy atom. The Labute approximate surface area is 241 Å². The van der Waals surface area contributed by atoms with Crippen molar-refractivity contribution in [2.24, 2.45) is 0 Å². The third-order valence-corrected chi connectivity index (χ3v) is 8.34. The fourth-order valence-electron chi connectivity index (χ4n) is 4.23. The molecule has 2 aliphatic rings. The Morgan fingerprint density at radius 1 is 1.05 bits per heavy atom. The normalized spacial score (nSPS) is 16.3. The van der Waals surface area contributed by atoms with Crippen molar-refractivity contribution in [2.75, 3.05) is 13.1 Å².